The number of aromatic hydroxyl groups is 1. The summed E-state index contributed by atoms with van der Waals surface area (Å²) in [5.74, 6) is -0.720. The van der Waals surface area contributed by atoms with Crippen LogP contribution in [0.15, 0.2) is 18.2 Å². The first-order chi connectivity index (χ1) is 7.58. The first-order valence-electron chi connectivity index (χ1n) is 4.68. The molecular weight excluding hydrogens is 250 g/mol. The van der Waals surface area contributed by atoms with Gasteiger partial charge in [0, 0.05) is 17.1 Å². The maximum absolute atomic E-state index is 10.8. The Morgan fingerprint density at radius 2 is 2.31 bits per heavy atom. The summed E-state index contributed by atoms with van der Waals surface area (Å²) in [6.07, 6.45) is 0. The first kappa shape index (κ1) is 11.6. The van der Waals surface area contributed by atoms with Gasteiger partial charge in [-0.3, -0.25) is 10.1 Å². The van der Waals surface area contributed by atoms with E-state index in [0.717, 1.165) is 0 Å². The lowest BCUT2D eigenvalue weighted by molar-refractivity contribution is -0.136. The van der Waals surface area contributed by atoms with E-state index in [0.29, 0.717) is 17.1 Å². The number of phenolic OH excluding ortho intramolecular Hbond substituents is 1. The van der Waals surface area contributed by atoms with Gasteiger partial charge in [0.25, 0.3) is 0 Å². The van der Waals surface area contributed by atoms with Gasteiger partial charge in [0.2, 0.25) is 0 Å². The smallest absolute Gasteiger partial charge is 0.318 e. The lowest BCUT2D eigenvalue weighted by atomic mass is 10.2. The van der Waals surface area contributed by atoms with Gasteiger partial charge in [0.05, 0.1) is 5.37 Å². The highest BCUT2D eigenvalue weighted by Gasteiger charge is 2.32. The summed E-state index contributed by atoms with van der Waals surface area (Å²) in [6, 6.07) is 4.74. The van der Waals surface area contributed by atoms with Crippen molar-refractivity contribution in [3.8, 4) is 5.75 Å². The molecule has 0 bridgehead atoms. The average Bonchev–Trinajstić information content (AvgIpc) is 2.70. The maximum Gasteiger partial charge on any atom is 0.318 e. The average molecular weight is 260 g/mol. The second-order valence-electron chi connectivity index (χ2n) is 3.45. The van der Waals surface area contributed by atoms with E-state index in [9.17, 15) is 9.90 Å². The number of carboxylic acids is 1. The minimum Gasteiger partial charge on any atom is -0.508 e. The van der Waals surface area contributed by atoms with Crippen LogP contribution < -0.4 is 5.32 Å². The predicted octanol–water partition coefficient (Wildman–Crippen LogP) is 1.83. The molecule has 1 aliphatic rings. The fourth-order valence-electron chi connectivity index (χ4n) is 1.54. The minimum absolute atomic E-state index is 0.125. The van der Waals surface area contributed by atoms with Crippen LogP contribution in [-0.4, -0.2) is 28.0 Å². The van der Waals surface area contributed by atoms with Crippen molar-refractivity contribution in [2.75, 3.05) is 6.54 Å². The van der Waals surface area contributed by atoms with Gasteiger partial charge in [-0.05, 0) is 18.2 Å². The maximum atomic E-state index is 10.8. The van der Waals surface area contributed by atoms with E-state index in [1.165, 1.54) is 17.8 Å². The Morgan fingerprint density at radius 1 is 1.56 bits per heavy atom. The van der Waals surface area contributed by atoms with Crippen molar-refractivity contribution in [1.82, 2.24) is 5.32 Å². The molecule has 1 heterocycles. The molecule has 0 spiro atoms. The number of rotatable bonds is 2. The van der Waals surface area contributed by atoms with E-state index in [4.69, 9.17) is 16.7 Å². The van der Waals surface area contributed by atoms with E-state index < -0.39 is 11.2 Å². The van der Waals surface area contributed by atoms with Gasteiger partial charge < -0.3 is 10.2 Å². The Kier molecular flexibility index (Phi) is 3.28. The molecule has 4 nitrogen and oxygen atoms in total. The van der Waals surface area contributed by atoms with Crippen LogP contribution in [0.25, 0.3) is 0 Å². The lowest BCUT2D eigenvalue weighted by Crippen LogP contribution is -2.21. The number of benzene rings is 1. The molecule has 0 aliphatic carbocycles. The second kappa shape index (κ2) is 4.53. The van der Waals surface area contributed by atoms with Gasteiger partial charge in [0.1, 0.15) is 11.0 Å². The van der Waals surface area contributed by atoms with Crippen LogP contribution in [0.3, 0.4) is 0 Å². The summed E-state index contributed by atoms with van der Waals surface area (Å²) in [7, 11) is 0. The summed E-state index contributed by atoms with van der Waals surface area (Å²) in [5, 5.41) is 21.4. The van der Waals surface area contributed by atoms with Crippen LogP contribution in [0.5, 0.6) is 5.75 Å². The topological polar surface area (TPSA) is 69.6 Å². The summed E-state index contributed by atoms with van der Waals surface area (Å²) >= 11 is 7.10. The normalized spacial score (nSPS) is 24.6. The van der Waals surface area contributed by atoms with Gasteiger partial charge >= 0.3 is 5.97 Å². The molecule has 1 fully saturated rings. The molecule has 86 valence electrons. The van der Waals surface area contributed by atoms with E-state index in [1.54, 1.807) is 12.1 Å². The van der Waals surface area contributed by atoms with Gasteiger partial charge in [-0.15, -0.1) is 11.8 Å². The Balaban J connectivity index is 2.20. The highest BCUT2D eigenvalue weighted by molar-refractivity contribution is 8.01. The number of halogens is 1. The standard InChI is InChI=1S/C10H10ClNO3S/c11-5-1-2-7(13)6(3-5)9-12-4-8(16-9)10(14)15/h1-3,8-9,12-13H,4H2,(H,14,15)/t8-,9+/m1/s1. The number of nitrogens with one attached hydrogen (secondary N) is 1. The largest absolute Gasteiger partial charge is 0.508 e. The van der Waals surface area contributed by atoms with Crippen LogP contribution in [-0.2, 0) is 4.79 Å². The molecule has 6 heteroatoms. The Labute approximate surface area is 102 Å². The third kappa shape index (κ3) is 2.26. The summed E-state index contributed by atoms with van der Waals surface area (Å²) in [5.41, 5.74) is 0.626. The van der Waals surface area contributed by atoms with E-state index >= 15 is 0 Å². The van der Waals surface area contributed by atoms with Crippen molar-refractivity contribution in [3.63, 3.8) is 0 Å². The Hall–Kier alpha value is -0.910. The van der Waals surface area contributed by atoms with Gasteiger partial charge in [-0.25, -0.2) is 0 Å². The van der Waals surface area contributed by atoms with Gasteiger partial charge in [-0.2, -0.15) is 0 Å². The van der Waals surface area contributed by atoms with Gasteiger partial charge in [-0.1, -0.05) is 11.6 Å². The van der Waals surface area contributed by atoms with E-state index in [2.05, 4.69) is 5.32 Å². The van der Waals surface area contributed by atoms with Crippen LogP contribution >= 0.6 is 23.4 Å². The molecule has 0 unspecified atom stereocenters. The van der Waals surface area contributed by atoms with Crippen LogP contribution in [0, 0.1) is 0 Å². The summed E-state index contributed by atoms with van der Waals surface area (Å²) in [4.78, 5) is 10.8. The van der Waals surface area contributed by atoms with Gasteiger partial charge in [0.15, 0.2) is 0 Å². The molecule has 2 atom stereocenters. The minimum atomic E-state index is -0.846. The van der Waals surface area contributed by atoms with Crippen molar-refractivity contribution in [2.24, 2.45) is 0 Å². The number of hydrogen-bond acceptors (Lipinski definition) is 4. The Bertz CT molecular complexity index is 427. The van der Waals surface area contributed by atoms with Crippen molar-refractivity contribution in [1.29, 1.82) is 0 Å². The quantitative estimate of drug-likeness (QED) is 0.756. The van der Waals surface area contributed by atoms with Crippen molar-refractivity contribution in [2.45, 2.75) is 10.6 Å². The zero-order chi connectivity index (χ0) is 11.7. The molecule has 1 aromatic rings. The molecule has 0 radical (unpaired) electrons. The molecular formula is C10H10ClNO3S. The summed E-state index contributed by atoms with van der Waals surface area (Å²) < 4.78 is 0. The van der Waals surface area contributed by atoms with Crippen LogP contribution in [0.4, 0.5) is 0 Å². The number of phenols is 1. The molecule has 0 aromatic heterocycles. The van der Waals surface area contributed by atoms with Crippen LogP contribution in [0.1, 0.15) is 10.9 Å². The van der Waals surface area contributed by atoms with Crippen LogP contribution in [0.2, 0.25) is 5.02 Å². The molecule has 0 amide bonds. The third-order valence-corrected chi connectivity index (χ3v) is 3.96. The molecule has 16 heavy (non-hydrogen) atoms. The highest BCUT2D eigenvalue weighted by Crippen LogP contribution is 2.39. The monoisotopic (exact) mass is 259 g/mol. The Morgan fingerprint density at radius 3 is 2.94 bits per heavy atom. The SMILES string of the molecule is O=C(O)[C@H]1CN[C@H](c2cc(Cl)ccc2O)S1. The zero-order valence-corrected chi connectivity index (χ0v) is 9.76. The molecule has 1 saturated heterocycles. The predicted molar refractivity (Wildman–Crippen MR) is 62.9 cm³/mol. The molecule has 1 aliphatic heterocycles. The number of carboxylic acid groups (broad SMARTS) is 1. The number of aliphatic carboxylic acids is 1. The van der Waals surface area contributed by atoms with E-state index in [1.807, 2.05) is 0 Å². The lowest BCUT2D eigenvalue weighted by Gasteiger charge is -2.12. The third-order valence-electron chi connectivity index (χ3n) is 2.34. The fourth-order valence-corrected chi connectivity index (χ4v) is 2.88. The molecule has 1 aromatic carbocycles. The highest BCUT2D eigenvalue weighted by atomic mass is 35.5. The fraction of sp³-hybridized carbons (Fsp3) is 0.300. The zero-order valence-electron chi connectivity index (χ0n) is 8.18. The molecule has 3 N–H and O–H groups in total. The molecule has 2 rings (SSSR count). The van der Waals surface area contributed by atoms with Crippen molar-refractivity contribution in [3.05, 3.63) is 28.8 Å². The number of carbonyl (C=O) groups is 1. The first-order valence-corrected chi connectivity index (χ1v) is 6.00. The molecule has 0 saturated carbocycles. The van der Waals surface area contributed by atoms with E-state index in [-0.39, 0.29) is 11.1 Å². The number of thioether (sulfide) groups is 1. The van der Waals surface area contributed by atoms with Crippen molar-refractivity contribution >= 4 is 29.3 Å². The second-order valence-corrected chi connectivity index (χ2v) is 5.20. The number of hydrogen-bond donors (Lipinski definition) is 3. The summed E-state index contributed by atoms with van der Waals surface area (Å²) in [6.45, 7) is 0.386. The van der Waals surface area contributed by atoms with Crippen molar-refractivity contribution < 1.29 is 15.0 Å².